The Hall–Kier alpha value is -3.97. The fourth-order valence-corrected chi connectivity index (χ4v) is 5.23. The molecule has 0 heterocycles. The first-order chi connectivity index (χ1) is 15.3. The molecule has 0 amide bonds. The van der Waals surface area contributed by atoms with Gasteiger partial charge >= 0.3 is 0 Å². The molecule has 1 heteroatoms. The first-order valence-corrected chi connectivity index (χ1v) is 10.8. The van der Waals surface area contributed by atoms with E-state index in [0.717, 1.165) is 17.7 Å². The van der Waals surface area contributed by atoms with Gasteiger partial charge in [0, 0.05) is 11.8 Å². The first-order valence-electron chi connectivity index (χ1n) is 10.8. The minimum atomic E-state index is 0.994. The molecule has 0 aliphatic heterocycles. The molecule has 0 saturated heterocycles. The maximum atomic E-state index is 4.87. The topological polar surface area (TPSA) is 12.4 Å². The zero-order valence-electron chi connectivity index (χ0n) is 17.0. The standard InChI is InChI=1S/C30H19N/c1-2-7-26-22(4-1)16-24-17-25(13-15-27(24)26)31-18-23-11-10-21-9-8-19-5-3-6-20-12-14-28(23)30(21)29(19)20/h1-15,17-18H,16H2. The van der Waals surface area contributed by atoms with E-state index < -0.39 is 0 Å². The minimum Gasteiger partial charge on any atom is -0.256 e. The molecule has 0 radical (unpaired) electrons. The third kappa shape index (κ3) is 2.47. The molecule has 0 aromatic heterocycles. The van der Waals surface area contributed by atoms with Crippen molar-refractivity contribution in [3.63, 3.8) is 0 Å². The molecule has 0 unspecified atom stereocenters. The predicted molar refractivity (Wildman–Crippen MR) is 132 cm³/mol. The molecule has 0 saturated carbocycles. The average molecular weight is 393 g/mol. The Morgan fingerprint density at radius 2 is 1.32 bits per heavy atom. The monoisotopic (exact) mass is 393 g/mol. The summed E-state index contributed by atoms with van der Waals surface area (Å²) in [4.78, 5) is 4.87. The number of hydrogen-bond acceptors (Lipinski definition) is 1. The number of benzene rings is 6. The molecule has 1 aliphatic rings. The van der Waals surface area contributed by atoms with Gasteiger partial charge in [0.05, 0.1) is 5.69 Å². The van der Waals surface area contributed by atoms with Crippen molar-refractivity contribution in [1.82, 2.24) is 0 Å². The lowest BCUT2D eigenvalue weighted by molar-refractivity contribution is 1.26. The third-order valence-corrected chi connectivity index (χ3v) is 6.69. The summed E-state index contributed by atoms with van der Waals surface area (Å²) in [6, 6.07) is 35.1. The van der Waals surface area contributed by atoms with E-state index in [9.17, 15) is 0 Å². The molecule has 1 aliphatic carbocycles. The quantitative estimate of drug-likeness (QED) is 0.209. The van der Waals surface area contributed by atoms with Gasteiger partial charge in [-0.25, -0.2) is 0 Å². The Labute approximate surface area is 180 Å². The molecule has 6 aromatic carbocycles. The second kappa shape index (κ2) is 6.26. The predicted octanol–water partition coefficient (Wildman–Crippen LogP) is 7.91. The molecule has 0 N–H and O–H groups in total. The van der Waals surface area contributed by atoms with Crippen LogP contribution in [-0.2, 0) is 6.42 Å². The van der Waals surface area contributed by atoms with Crippen LogP contribution in [0.3, 0.4) is 0 Å². The molecular weight excluding hydrogens is 374 g/mol. The summed E-state index contributed by atoms with van der Waals surface area (Å²) in [7, 11) is 0. The van der Waals surface area contributed by atoms with Crippen LogP contribution in [0.1, 0.15) is 16.7 Å². The van der Waals surface area contributed by atoms with Gasteiger partial charge in [-0.2, -0.15) is 0 Å². The van der Waals surface area contributed by atoms with Gasteiger partial charge in [0.1, 0.15) is 0 Å². The molecule has 6 aromatic rings. The number of fused-ring (bicyclic) bond motifs is 3. The number of nitrogens with zero attached hydrogens (tertiary/aromatic N) is 1. The highest BCUT2D eigenvalue weighted by molar-refractivity contribution is 6.25. The van der Waals surface area contributed by atoms with Gasteiger partial charge in [0.25, 0.3) is 0 Å². The van der Waals surface area contributed by atoms with Gasteiger partial charge in [0.2, 0.25) is 0 Å². The van der Waals surface area contributed by atoms with Crippen LogP contribution in [0.2, 0.25) is 0 Å². The molecule has 144 valence electrons. The van der Waals surface area contributed by atoms with Gasteiger partial charge in [0.15, 0.2) is 0 Å². The van der Waals surface area contributed by atoms with Gasteiger partial charge in [-0.15, -0.1) is 0 Å². The van der Waals surface area contributed by atoms with Crippen molar-refractivity contribution in [2.75, 3.05) is 0 Å². The third-order valence-electron chi connectivity index (χ3n) is 6.69. The van der Waals surface area contributed by atoms with Crippen LogP contribution in [0.25, 0.3) is 43.4 Å². The van der Waals surface area contributed by atoms with Crippen LogP contribution in [0.15, 0.2) is 102 Å². The second-order valence-electron chi connectivity index (χ2n) is 8.44. The van der Waals surface area contributed by atoms with E-state index in [2.05, 4.69) is 97.1 Å². The summed E-state index contributed by atoms with van der Waals surface area (Å²) in [6.07, 6.45) is 3.02. The van der Waals surface area contributed by atoms with Gasteiger partial charge in [-0.3, -0.25) is 4.99 Å². The molecule has 1 nitrogen and oxygen atoms in total. The highest BCUT2D eigenvalue weighted by atomic mass is 14.7. The Balaban J connectivity index is 1.34. The van der Waals surface area contributed by atoms with Crippen molar-refractivity contribution < 1.29 is 0 Å². The average Bonchev–Trinajstić information content (AvgIpc) is 3.19. The highest BCUT2D eigenvalue weighted by Gasteiger charge is 2.17. The Morgan fingerprint density at radius 1 is 0.581 bits per heavy atom. The van der Waals surface area contributed by atoms with Gasteiger partial charge in [-0.1, -0.05) is 84.9 Å². The number of aliphatic imine (C=N–C) groups is 1. The smallest absolute Gasteiger partial charge is 0.0633 e. The normalized spacial score (nSPS) is 12.9. The van der Waals surface area contributed by atoms with E-state index in [4.69, 9.17) is 4.99 Å². The van der Waals surface area contributed by atoms with Gasteiger partial charge < -0.3 is 0 Å². The maximum absolute atomic E-state index is 4.87. The first kappa shape index (κ1) is 16.8. The SMILES string of the molecule is C(=Nc1ccc2c(c1)Cc1ccccc1-2)c1ccc2ccc3cccc4ccc1c2c34. The largest absolute Gasteiger partial charge is 0.256 e. The summed E-state index contributed by atoms with van der Waals surface area (Å²) in [6.45, 7) is 0. The summed E-state index contributed by atoms with van der Waals surface area (Å²) < 4.78 is 0. The van der Waals surface area contributed by atoms with Crippen molar-refractivity contribution in [2.24, 2.45) is 4.99 Å². The van der Waals surface area contributed by atoms with Crippen LogP contribution in [-0.4, -0.2) is 6.21 Å². The number of rotatable bonds is 2. The van der Waals surface area contributed by atoms with E-state index in [0.29, 0.717) is 0 Å². The Kier molecular flexibility index (Phi) is 3.39. The van der Waals surface area contributed by atoms with E-state index in [1.54, 1.807) is 0 Å². The van der Waals surface area contributed by atoms with Crippen molar-refractivity contribution in [3.05, 3.63) is 114 Å². The minimum absolute atomic E-state index is 0.994. The van der Waals surface area contributed by atoms with Crippen LogP contribution in [0.4, 0.5) is 5.69 Å². The van der Waals surface area contributed by atoms with Crippen LogP contribution in [0, 0.1) is 0 Å². The van der Waals surface area contributed by atoms with Gasteiger partial charge in [-0.05, 0) is 73.1 Å². The molecule has 0 atom stereocenters. The Bertz CT molecular complexity index is 1640. The molecule has 0 fully saturated rings. The lowest BCUT2D eigenvalue weighted by Gasteiger charge is -2.12. The van der Waals surface area contributed by atoms with Crippen LogP contribution in [0.5, 0.6) is 0 Å². The Morgan fingerprint density at radius 3 is 2.23 bits per heavy atom. The van der Waals surface area contributed by atoms with E-state index in [1.165, 1.54) is 54.6 Å². The van der Waals surface area contributed by atoms with E-state index in [1.807, 2.05) is 6.21 Å². The molecule has 0 spiro atoms. The van der Waals surface area contributed by atoms with Crippen LogP contribution < -0.4 is 0 Å². The summed E-state index contributed by atoms with van der Waals surface area (Å²) in [5.41, 5.74) is 7.65. The zero-order chi connectivity index (χ0) is 20.4. The number of hydrogen-bond donors (Lipinski definition) is 0. The second-order valence-corrected chi connectivity index (χ2v) is 8.44. The molecular formula is C30H19N. The molecule has 0 bridgehead atoms. The summed E-state index contributed by atoms with van der Waals surface area (Å²) in [5.74, 6) is 0. The van der Waals surface area contributed by atoms with Crippen molar-refractivity contribution in [3.8, 4) is 11.1 Å². The lowest BCUT2D eigenvalue weighted by atomic mass is 9.92. The van der Waals surface area contributed by atoms with E-state index >= 15 is 0 Å². The van der Waals surface area contributed by atoms with Crippen molar-refractivity contribution >= 4 is 44.2 Å². The zero-order valence-corrected chi connectivity index (χ0v) is 17.0. The van der Waals surface area contributed by atoms with Crippen molar-refractivity contribution in [1.29, 1.82) is 0 Å². The molecule has 31 heavy (non-hydrogen) atoms. The lowest BCUT2D eigenvalue weighted by Crippen LogP contribution is -1.89. The maximum Gasteiger partial charge on any atom is 0.0633 e. The van der Waals surface area contributed by atoms with E-state index in [-0.39, 0.29) is 0 Å². The summed E-state index contributed by atoms with van der Waals surface area (Å²) >= 11 is 0. The fourth-order valence-electron chi connectivity index (χ4n) is 5.23. The van der Waals surface area contributed by atoms with Crippen LogP contribution >= 0.6 is 0 Å². The fraction of sp³-hybridized carbons (Fsp3) is 0.0333. The molecule has 7 rings (SSSR count). The summed E-state index contributed by atoms with van der Waals surface area (Å²) in [5, 5.41) is 7.82. The van der Waals surface area contributed by atoms with Crippen molar-refractivity contribution in [2.45, 2.75) is 6.42 Å². The highest BCUT2D eigenvalue weighted by Crippen LogP contribution is 2.38.